The Bertz CT molecular complexity index is 487. The molecule has 0 radical (unpaired) electrons. The van der Waals surface area contributed by atoms with Gasteiger partial charge in [0.2, 0.25) is 17.7 Å². The number of aliphatic carboxylic acids is 1. The average molecular weight is 346 g/mol. The van der Waals surface area contributed by atoms with Crippen LogP contribution in [0.25, 0.3) is 0 Å². The van der Waals surface area contributed by atoms with Crippen LogP contribution in [0.15, 0.2) is 0 Å². The third-order valence-corrected chi connectivity index (χ3v) is 4.02. The first-order valence-corrected chi connectivity index (χ1v) is 7.89. The summed E-state index contributed by atoms with van der Waals surface area (Å²) in [6.07, 6.45) is 1.13. The third-order valence-electron chi connectivity index (χ3n) is 3.65. The first kappa shape index (κ1) is 19.2. The van der Waals surface area contributed by atoms with Crippen molar-refractivity contribution in [3.63, 3.8) is 0 Å². The highest BCUT2D eigenvalue weighted by Crippen LogP contribution is 2.19. The molecular formula is C13H22N4O5S. The lowest BCUT2D eigenvalue weighted by Gasteiger charge is -2.27. The molecule has 3 atom stereocenters. The van der Waals surface area contributed by atoms with Crippen LogP contribution in [0.5, 0.6) is 0 Å². The lowest BCUT2D eigenvalue weighted by Crippen LogP contribution is -2.54. The van der Waals surface area contributed by atoms with Gasteiger partial charge in [-0.25, -0.2) is 4.79 Å². The second-order valence-electron chi connectivity index (χ2n) is 5.38. The molecular weight excluding hydrogens is 324 g/mol. The maximum Gasteiger partial charge on any atom is 0.327 e. The number of carbonyl (C=O) groups excluding carboxylic acids is 3. The molecule has 1 fully saturated rings. The number of likely N-dealkylation sites (tertiary alicyclic amines) is 1. The van der Waals surface area contributed by atoms with Gasteiger partial charge in [0.05, 0.1) is 6.04 Å². The fourth-order valence-electron chi connectivity index (χ4n) is 2.39. The number of nitrogens with zero attached hydrogens (tertiary/aromatic N) is 1. The maximum absolute atomic E-state index is 12.3. The number of nitrogens with one attached hydrogen (secondary N) is 1. The van der Waals surface area contributed by atoms with E-state index in [0.29, 0.717) is 19.4 Å². The van der Waals surface area contributed by atoms with Crippen LogP contribution < -0.4 is 16.8 Å². The highest BCUT2D eigenvalue weighted by molar-refractivity contribution is 7.80. The smallest absolute Gasteiger partial charge is 0.327 e. The van der Waals surface area contributed by atoms with E-state index < -0.39 is 41.8 Å². The molecule has 0 aromatic rings. The lowest BCUT2D eigenvalue weighted by molar-refractivity contribution is -0.143. The number of amides is 3. The first-order chi connectivity index (χ1) is 10.8. The predicted molar refractivity (Wildman–Crippen MR) is 84.6 cm³/mol. The number of carboxylic acid groups (broad SMARTS) is 1. The summed E-state index contributed by atoms with van der Waals surface area (Å²) >= 11 is 3.87. The Kier molecular flexibility index (Phi) is 7.30. The van der Waals surface area contributed by atoms with E-state index in [1.54, 1.807) is 0 Å². The molecule has 0 aromatic carbocycles. The van der Waals surface area contributed by atoms with Crippen LogP contribution in [-0.2, 0) is 19.2 Å². The van der Waals surface area contributed by atoms with Gasteiger partial charge in [-0.2, -0.15) is 12.6 Å². The Balaban J connectivity index is 2.68. The van der Waals surface area contributed by atoms with Crippen LogP contribution >= 0.6 is 12.6 Å². The number of hydrogen-bond donors (Lipinski definition) is 5. The van der Waals surface area contributed by atoms with Crippen molar-refractivity contribution >= 4 is 36.3 Å². The molecule has 1 rings (SSSR count). The van der Waals surface area contributed by atoms with Crippen molar-refractivity contribution in [3.05, 3.63) is 0 Å². The summed E-state index contributed by atoms with van der Waals surface area (Å²) in [5.74, 6) is -2.79. The van der Waals surface area contributed by atoms with Crippen LogP contribution in [0.3, 0.4) is 0 Å². The van der Waals surface area contributed by atoms with Crippen molar-refractivity contribution in [2.45, 2.75) is 43.8 Å². The molecule has 0 saturated carbocycles. The van der Waals surface area contributed by atoms with Gasteiger partial charge in [0, 0.05) is 18.7 Å². The fourth-order valence-corrected chi connectivity index (χ4v) is 2.64. The standard InChI is InChI=1S/C13H22N4O5S/c14-7(3-4-10(15)18)12(20)17-5-1-2-9(17)11(19)16-8(6-23)13(21)22/h7-9,23H,1-6,14H2,(H2,15,18)(H,16,19)(H,21,22)/t7-,8-,9-/m0/s1. The molecule has 1 saturated heterocycles. The minimum absolute atomic E-state index is 0.0155. The van der Waals surface area contributed by atoms with E-state index in [9.17, 15) is 19.2 Å². The van der Waals surface area contributed by atoms with Crippen LogP contribution in [0.1, 0.15) is 25.7 Å². The Morgan fingerprint density at radius 3 is 2.52 bits per heavy atom. The van der Waals surface area contributed by atoms with Gasteiger partial charge in [-0.05, 0) is 19.3 Å². The van der Waals surface area contributed by atoms with Crippen molar-refractivity contribution in [2.24, 2.45) is 11.5 Å². The number of thiol groups is 1. The van der Waals surface area contributed by atoms with Crippen LogP contribution in [-0.4, -0.2) is 64.1 Å². The van der Waals surface area contributed by atoms with Crippen LogP contribution in [0, 0.1) is 0 Å². The zero-order valence-electron chi connectivity index (χ0n) is 12.6. The third kappa shape index (κ3) is 5.39. The number of carbonyl (C=O) groups is 4. The Labute approximate surface area is 139 Å². The molecule has 3 amide bonds. The lowest BCUT2D eigenvalue weighted by atomic mass is 10.1. The highest BCUT2D eigenvalue weighted by atomic mass is 32.1. The van der Waals surface area contributed by atoms with Gasteiger partial charge in [0.25, 0.3) is 0 Å². The summed E-state index contributed by atoms with van der Waals surface area (Å²) in [7, 11) is 0. The molecule has 130 valence electrons. The Morgan fingerprint density at radius 1 is 1.35 bits per heavy atom. The van der Waals surface area contributed by atoms with Crippen molar-refractivity contribution in [3.8, 4) is 0 Å². The zero-order chi connectivity index (χ0) is 17.6. The van der Waals surface area contributed by atoms with Crippen LogP contribution in [0.4, 0.5) is 0 Å². The quantitative estimate of drug-likeness (QED) is 0.322. The van der Waals surface area contributed by atoms with E-state index in [1.807, 2.05) is 0 Å². The Morgan fingerprint density at radius 2 is 2.00 bits per heavy atom. The molecule has 23 heavy (non-hydrogen) atoms. The van der Waals surface area contributed by atoms with E-state index in [1.165, 1.54) is 4.90 Å². The molecule has 0 aliphatic carbocycles. The number of rotatable bonds is 8. The molecule has 9 nitrogen and oxygen atoms in total. The van der Waals surface area contributed by atoms with Gasteiger partial charge in [-0.15, -0.1) is 0 Å². The van der Waals surface area contributed by atoms with Crippen molar-refractivity contribution < 1.29 is 24.3 Å². The number of primary amides is 1. The van der Waals surface area contributed by atoms with Gasteiger partial charge >= 0.3 is 5.97 Å². The molecule has 6 N–H and O–H groups in total. The number of carboxylic acids is 1. The Hall–Kier alpha value is -1.81. The monoisotopic (exact) mass is 346 g/mol. The number of hydrogen-bond acceptors (Lipinski definition) is 6. The van der Waals surface area contributed by atoms with Gasteiger partial charge in [0.1, 0.15) is 12.1 Å². The SMILES string of the molecule is NC(=O)CC[C@H](N)C(=O)N1CCC[C@H]1C(=O)N[C@@H](CS)C(=O)O. The van der Waals surface area contributed by atoms with E-state index in [2.05, 4.69) is 17.9 Å². The maximum atomic E-state index is 12.3. The van der Waals surface area contributed by atoms with Gasteiger partial charge in [0.15, 0.2) is 0 Å². The van der Waals surface area contributed by atoms with Gasteiger partial charge in [-0.1, -0.05) is 0 Å². The normalized spacial score (nSPS) is 19.9. The van der Waals surface area contributed by atoms with Gasteiger partial charge in [-0.3, -0.25) is 14.4 Å². The molecule has 0 unspecified atom stereocenters. The average Bonchev–Trinajstić information content (AvgIpc) is 2.98. The molecule has 0 bridgehead atoms. The summed E-state index contributed by atoms with van der Waals surface area (Å²) < 4.78 is 0. The summed E-state index contributed by atoms with van der Waals surface area (Å²) in [6, 6.07) is -2.80. The fraction of sp³-hybridized carbons (Fsp3) is 0.692. The molecule has 1 aliphatic heterocycles. The van der Waals surface area contributed by atoms with E-state index in [4.69, 9.17) is 16.6 Å². The van der Waals surface area contributed by atoms with E-state index in [0.717, 1.165) is 0 Å². The minimum atomic E-state index is -1.19. The van der Waals surface area contributed by atoms with Crippen molar-refractivity contribution in [2.75, 3.05) is 12.3 Å². The van der Waals surface area contributed by atoms with Crippen molar-refractivity contribution in [1.82, 2.24) is 10.2 Å². The molecule has 0 aromatic heterocycles. The predicted octanol–water partition coefficient (Wildman–Crippen LogP) is -1.93. The van der Waals surface area contributed by atoms with E-state index in [-0.39, 0.29) is 18.6 Å². The summed E-state index contributed by atoms with van der Waals surface area (Å²) in [4.78, 5) is 47.5. The molecule has 10 heteroatoms. The van der Waals surface area contributed by atoms with E-state index >= 15 is 0 Å². The second-order valence-corrected chi connectivity index (χ2v) is 5.75. The van der Waals surface area contributed by atoms with Crippen LogP contribution in [0.2, 0.25) is 0 Å². The first-order valence-electron chi connectivity index (χ1n) is 7.26. The molecule has 0 spiro atoms. The number of nitrogens with two attached hydrogens (primary N) is 2. The topological polar surface area (TPSA) is 156 Å². The molecule has 1 heterocycles. The van der Waals surface area contributed by atoms with Gasteiger partial charge < -0.3 is 26.8 Å². The highest BCUT2D eigenvalue weighted by Gasteiger charge is 2.37. The minimum Gasteiger partial charge on any atom is -0.480 e. The summed E-state index contributed by atoms with van der Waals surface area (Å²) in [5, 5.41) is 11.3. The molecule has 1 aliphatic rings. The largest absolute Gasteiger partial charge is 0.480 e. The summed E-state index contributed by atoms with van der Waals surface area (Å²) in [6.45, 7) is 0.361. The zero-order valence-corrected chi connectivity index (χ0v) is 13.5. The summed E-state index contributed by atoms with van der Waals surface area (Å²) in [5.41, 5.74) is 10.8. The second kappa shape index (κ2) is 8.73. The van der Waals surface area contributed by atoms with Crippen molar-refractivity contribution in [1.29, 1.82) is 0 Å².